The highest BCUT2D eigenvalue weighted by Crippen LogP contribution is 2.26. The van der Waals surface area contributed by atoms with Crippen LogP contribution in [-0.2, 0) is 6.54 Å². The third-order valence-electron chi connectivity index (χ3n) is 6.68. The molecule has 0 atom stereocenters. The molecule has 8 heteroatoms. The van der Waals surface area contributed by atoms with Crippen LogP contribution in [0.5, 0.6) is 0 Å². The summed E-state index contributed by atoms with van der Waals surface area (Å²) in [6.45, 7) is 4.66. The average molecular weight is 491 g/mol. The van der Waals surface area contributed by atoms with Crippen molar-refractivity contribution in [1.29, 1.82) is 0 Å². The molecule has 3 aromatic rings. The van der Waals surface area contributed by atoms with Gasteiger partial charge in [0.25, 0.3) is 0 Å². The maximum absolute atomic E-state index is 5.98. The lowest BCUT2D eigenvalue weighted by Crippen LogP contribution is -2.33. The van der Waals surface area contributed by atoms with Gasteiger partial charge < -0.3 is 24.9 Å². The third kappa shape index (κ3) is 6.31. The van der Waals surface area contributed by atoms with Gasteiger partial charge in [-0.2, -0.15) is 9.97 Å². The molecule has 0 radical (unpaired) electrons. The molecular formula is C27H34N6OS. The minimum Gasteiger partial charge on any atom is -0.459 e. The molecule has 0 unspecified atom stereocenters. The van der Waals surface area contributed by atoms with Crippen LogP contribution in [-0.4, -0.2) is 41.3 Å². The Kier molecular flexibility index (Phi) is 7.78. The van der Waals surface area contributed by atoms with Crippen LogP contribution in [0.4, 0.5) is 17.6 Å². The lowest BCUT2D eigenvalue weighted by Gasteiger charge is -2.29. The first kappa shape index (κ1) is 23.6. The summed E-state index contributed by atoms with van der Waals surface area (Å²) < 4.78 is 5.98. The van der Waals surface area contributed by atoms with Gasteiger partial charge in [0.05, 0.1) is 6.54 Å². The minimum atomic E-state index is 0.486. The van der Waals surface area contributed by atoms with E-state index in [1.807, 2.05) is 42.5 Å². The number of hydrogen-bond acceptors (Lipinski definition) is 6. The first-order valence-electron chi connectivity index (χ1n) is 12.8. The number of nitrogens with zero attached hydrogens (tertiary/aromatic N) is 4. The van der Waals surface area contributed by atoms with Gasteiger partial charge in [0.2, 0.25) is 5.95 Å². The van der Waals surface area contributed by atoms with Crippen LogP contribution in [0, 0.1) is 0 Å². The van der Waals surface area contributed by atoms with Crippen molar-refractivity contribution in [3.8, 4) is 11.3 Å². The summed E-state index contributed by atoms with van der Waals surface area (Å²) in [6, 6.07) is 16.2. The molecule has 7 nitrogen and oxygen atoms in total. The largest absolute Gasteiger partial charge is 0.459 e. The van der Waals surface area contributed by atoms with E-state index in [1.54, 1.807) is 0 Å². The molecule has 184 valence electrons. The second kappa shape index (κ2) is 11.5. The number of aromatic nitrogens is 2. The summed E-state index contributed by atoms with van der Waals surface area (Å²) >= 11 is 5.59. The Morgan fingerprint density at radius 1 is 0.800 bits per heavy atom. The predicted molar refractivity (Wildman–Crippen MR) is 146 cm³/mol. The molecule has 0 saturated carbocycles. The Morgan fingerprint density at radius 3 is 2.03 bits per heavy atom. The molecule has 5 rings (SSSR count). The van der Waals surface area contributed by atoms with E-state index in [0.29, 0.717) is 17.6 Å². The number of thiocarbonyl (C=S) groups is 1. The molecule has 2 N–H and O–H groups in total. The van der Waals surface area contributed by atoms with E-state index < -0.39 is 0 Å². The molecule has 0 bridgehead atoms. The topological polar surface area (TPSA) is 69.5 Å². The summed E-state index contributed by atoms with van der Waals surface area (Å²) in [6.07, 6.45) is 8.70. The molecule has 2 saturated heterocycles. The van der Waals surface area contributed by atoms with E-state index in [2.05, 4.69) is 26.5 Å². The van der Waals surface area contributed by atoms with Crippen LogP contribution in [0.3, 0.4) is 0 Å². The minimum absolute atomic E-state index is 0.486. The lowest BCUT2D eigenvalue weighted by molar-refractivity contribution is 0.516. The van der Waals surface area contributed by atoms with Crippen LogP contribution in [0.2, 0.25) is 0 Å². The highest BCUT2D eigenvalue weighted by Gasteiger charge is 2.19. The van der Waals surface area contributed by atoms with Crippen LogP contribution < -0.4 is 20.4 Å². The zero-order valence-electron chi connectivity index (χ0n) is 20.2. The standard InChI is InChI=1S/C27H34N6OS/c35-27(28-20-22-13-14-23(34-22)21-11-5-3-6-12-21)31-26-29-24(32-15-7-1-2-8-16-32)19-25(30-26)33-17-9-4-10-18-33/h3,5-6,11-14,19H,1-2,4,7-10,15-18,20H2,(H2,28,29,30,31,35). The molecule has 2 fully saturated rings. The second-order valence-corrected chi connectivity index (χ2v) is 9.70. The maximum atomic E-state index is 5.98. The fourth-order valence-corrected chi connectivity index (χ4v) is 4.93. The molecular weight excluding hydrogens is 456 g/mol. The summed E-state index contributed by atoms with van der Waals surface area (Å²) in [5.41, 5.74) is 1.06. The molecule has 0 spiro atoms. The quantitative estimate of drug-likeness (QED) is 0.433. The summed E-state index contributed by atoms with van der Waals surface area (Å²) in [5.74, 6) is 4.20. The van der Waals surface area contributed by atoms with E-state index in [-0.39, 0.29) is 0 Å². The number of piperidine rings is 1. The van der Waals surface area contributed by atoms with Crippen molar-refractivity contribution < 1.29 is 4.42 Å². The van der Waals surface area contributed by atoms with Crippen molar-refractivity contribution in [1.82, 2.24) is 15.3 Å². The van der Waals surface area contributed by atoms with Crippen molar-refractivity contribution in [2.45, 2.75) is 51.5 Å². The molecule has 2 aromatic heterocycles. The van der Waals surface area contributed by atoms with Crippen molar-refractivity contribution in [2.75, 3.05) is 41.3 Å². The van der Waals surface area contributed by atoms with Gasteiger partial charge in [-0.25, -0.2) is 0 Å². The number of furan rings is 1. The van der Waals surface area contributed by atoms with Gasteiger partial charge in [0, 0.05) is 37.8 Å². The smallest absolute Gasteiger partial charge is 0.232 e. The molecule has 2 aliphatic heterocycles. The Labute approximate surface area is 212 Å². The van der Waals surface area contributed by atoms with E-state index in [4.69, 9.17) is 26.6 Å². The molecule has 1 aromatic carbocycles. The van der Waals surface area contributed by atoms with Crippen LogP contribution in [0.15, 0.2) is 52.9 Å². The van der Waals surface area contributed by atoms with E-state index in [0.717, 1.165) is 54.9 Å². The summed E-state index contributed by atoms with van der Waals surface area (Å²) in [7, 11) is 0. The zero-order chi connectivity index (χ0) is 23.9. The Hall–Kier alpha value is -3.13. The molecule has 0 aliphatic carbocycles. The monoisotopic (exact) mass is 490 g/mol. The van der Waals surface area contributed by atoms with Crippen molar-refractivity contribution in [3.63, 3.8) is 0 Å². The highest BCUT2D eigenvalue weighted by molar-refractivity contribution is 7.80. The predicted octanol–water partition coefficient (Wildman–Crippen LogP) is 5.59. The summed E-state index contributed by atoms with van der Waals surface area (Å²) in [5, 5.41) is 6.95. The maximum Gasteiger partial charge on any atom is 0.232 e. The third-order valence-corrected chi connectivity index (χ3v) is 6.92. The van der Waals surface area contributed by atoms with Gasteiger partial charge in [-0.1, -0.05) is 43.2 Å². The Balaban J connectivity index is 1.27. The van der Waals surface area contributed by atoms with Gasteiger partial charge in [-0.15, -0.1) is 0 Å². The zero-order valence-corrected chi connectivity index (χ0v) is 21.0. The fraction of sp³-hybridized carbons (Fsp3) is 0.444. The average Bonchev–Trinajstić information content (AvgIpc) is 3.21. The first-order valence-corrected chi connectivity index (χ1v) is 13.2. The van der Waals surface area contributed by atoms with Gasteiger partial charge in [0.15, 0.2) is 5.11 Å². The molecule has 4 heterocycles. The number of rotatable bonds is 6. The van der Waals surface area contributed by atoms with Crippen molar-refractivity contribution in [3.05, 3.63) is 54.3 Å². The fourth-order valence-electron chi connectivity index (χ4n) is 4.77. The second-order valence-electron chi connectivity index (χ2n) is 9.30. The first-order chi connectivity index (χ1) is 17.2. The normalized spacial score (nSPS) is 16.6. The van der Waals surface area contributed by atoms with Crippen molar-refractivity contribution in [2.24, 2.45) is 0 Å². The number of benzene rings is 1. The number of hydrogen-bond donors (Lipinski definition) is 2. The number of anilines is 3. The Morgan fingerprint density at radius 2 is 1.40 bits per heavy atom. The molecule has 2 aliphatic rings. The SMILES string of the molecule is S=C(NCc1ccc(-c2ccccc2)o1)Nc1nc(N2CCCCCC2)cc(N2CCCCC2)n1. The van der Waals surface area contributed by atoms with Gasteiger partial charge in [-0.3, -0.25) is 0 Å². The molecule has 0 amide bonds. The van der Waals surface area contributed by atoms with E-state index in [9.17, 15) is 0 Å². The lowest BCUT2D eigenvalue weighted by atomic mass is 10.1. The van der Waals surface area contributed by atoms with Gasteiger partial charge >= 0.3 is 0 Å². The van der Waals surface area contributed by atoms with Gasteiger partial charge in [-0.05, 0) is 56.5 Å². The van der Waals surface area contributed by atoms with Crippen LogP contribution in [0.25, 0.3) is 11.3 Å². The van der Waals surface area contributed by atoms with E-state index >= 15 is 0 Å². The highest BCUT2D eigenvalue weighted by atomic mass is 32.1. The van der Waals surface area contributed by atoms with E-state index in [1.165, 1.54) is 44.9 Å². The number of nitrogens with one attached hydrogen (secondary N) is 2. The van der Waals surface area contributed by atoms with Gasteiger partial charge in [0.1, 0.15) is 23.2 Å². The van der Waals surface area contributed by atoms with Crippen LogP contribution >= 0.6 is 12.2 Å². The molecule has 35 heavy (non-hydrogen) atoms. The summed E-state index contributed by atoms with van der Waals surface area (Å²) in [4.78, 5) is 14.5. The Bertz CT molecular complexity index is 1100. The van der Waals surface area contributed by atoms with Crippen molar-refractivity contribution >= 4 is 34.9 Å². The van der Waals surface area contributed by atoms with Crippen LogP contribution in [0.1, 0.15) is 50.7 Å².